The fraction of sp³-hybridized carbons (Fsp3) is 0.111. The molecule has 0 radical (unpaired) electrons. The van der Waals surface area contributed by atoms with Gasteiger partial charge in [-0.1, -0.05) is 17.7 Å². The first-order chi connectivity index (χ1) is 10.2. The van der Waals surface area contributed by atoms with Crippen molar-refractivity contribution in [1.29, 1.82) is 0 Å². The summed E-state index contributed by atoms with van der Waals surface area (Å²) in [5.74, 6) is 1.34. The van der Waals surface area contributed by atoms with Gasteiger partial charge in [-0.25, -0.2) is 4.39 Å². The van der Waals surface area contributed by atoms with Gasteiger partial charge in [0.1, 0.15) is 17.3 Å². The Labute approximate surface area is 123 Å². The molecule has 3 rings (SSSR count). The van der Waals surface area contributed by atoms with E-state index in [2.05, 4.69) is 24.4 Å². The van der Waals surface area contributed by atoms with Crippen molar-refractivity contribution >= 4 is 5.69 Å². The minimum absolute atomic E-state index is 0.244. The number of benzene rings is 2. The number of aryl methyl sites for hydroxylation is 1. The lowest BCUT2D eigenvalue weighted by Gasteiger charge is -2.04. The molecule has 0 spiro atoms. The van der Waals surface area contributed by atoms with Gasteiger partial charge in [-0.3, -0.25) is 0 Å². The lowest BCUT2D eigenvalue weighted by molar-refractivity contribution is 0.531. The largest absolute Gasteiger partial charge is 0.459 e. The van der Waals surface area contributed by atoms with Gasteiger partial charge >= 0.3 is 0 Å². The predicted molar refractivity (Wildman–Crippen MR) is 82.6 cm³/mol. The van der Waals surface area contributed by atoms with Crippen LogP contribution in [0.25, 0.3) is 11.3 Å². The van der Waals surface area contributed by atoms with E-state index in [4.69, 9.17) is 4.42 Å². The standard InChI is InChI=1S/C18H16FNO/c1-13-2-8-16(9-3-13)20-12-17-10-11-18(21-17)14-4-6-15(19)7-5-14/h2-11,20H,12H2,1H3. The molecule has 3 aromatic rings. The Bertz CT molecular complexity index is 714. The third kappa shape index (κ3) is 3.31. The summed E-state index contributed by atoms with van der Waals surface area (Å²) in [6.07, 6.45) is 0. The third-order valence-corrected chi connectivity index (χ3v) is 3.31. The molecule has 0 saturated carbocycles. The first kappa shape index (κ1) is 13.4. The molecule has 0 aliphatic rings. The quantitative estimate of drug-likeness (QED) is 0.727. The molecule has 1 N–H and O–H groups in total. The van der Waals surface area contributed by atoms with E-state index in [0.29, 0.717) is 6.54 Å². The zero-order valence-corrected chi connectivity index (χ0v) is 11.8. The number of anilines is 1. The maximum Gasteiger partial charge on any atom is 0.134 e. The van der Waals surface area contributed by atoms with Crippen LogP contribution in [0, 0.1) is 12.7 Å². The Kier molecular flexibility index (Phi) is 3.73. The highest BCUT2D eigenvalue weighted by atomic mass is 19.1. The molecule has 0 bridgehead atoms. The maximum absolute atomic E-state index is 12.9. The third-order valence-electron chi connectivity index (χ3n) is 3.31. The van der Waals surface area contributed by atoms with Crippen molar-refractivity contribution in [2.45, 2.75) is 13.5 Å². The molecule has 3 heteroatoms. The summed E-state index contributed by atoms with van der Waals surface area (Å²) in [6.45, 7) is 2.68. The fourth-order valence-corrected chi connectivity index (χ4v) is 2.10. The van der Waals surface area contributed by atoms with Crippen molar-refractivity contribution in [3.63, 3.8) is 0 Å². The monoisotopic (exact) mass is 281 g/mol. The van der Waals surface area contributed by atoms with Crippen LogP contribution >= 0.6 is 0 Å². The van der Waals surface area contributed by atoms with Gasteiger partial charge < -0.3 is 9.73 Å². The second-order valence-corrected chi connectivity index (χ2v) is 4.99. The molecule has 0 aliphatic heterocycles. The number of rotatable bonds is 4. The second kappa shape index (κ2) is 5.83. The number of halogens is 1. The number of hydrogen-bond donors (Lipinski definition) is 1. The van der Waals surface area contributed by atoms with Gasteiger partial charge in [0.15, 0.2) is 0 Å². The Morgan fingerprint density at radius 2 is 1.62 bits per heavy atom. The topological polar surface area (TPSA) is 25.2 Å². The molecule has 2 nitrogen and oxygen atoms in total. The van der Waals surface area contributed by atoms with Crippen molar-refractivity contribution in [3.05, 3.63) is 77.8 Å². The van der Waals surface area contributed by atoms with E-state index in [-0.39, 0.29) is 5.82 Å². The van der Waals surface area contributed by atoms with Crippen LogP contribution < -0.4 is 5.32 Å². The van der Waals surface area contributed by atoms with Gasteiger partial charge in [-0.15, -0.1) is 0 Å². The SMILES string of the molecule is Cc1ccc(NCc2ccc(-c3ccc(F)cc3)o2)cc1. The summed E-state index contributed by atoms with van der Waals surface area (Å²) in [6, 6.07) is 18.3. The van der Waals surface area contributed by atoms with Crippen molar-refractivity contribution in [1.82, 2.24) is 0 Å². The van der Waals surface area contributed by atoms with Crippen LogP contribution in [-0.4, -0.2) is 0 Å². The minimum atomic E-state index is -0.244. The van der Waals surface area contributed by atoms with E-state index in [1.165, 1.54) is 17.7 Å². The molecule has 0 fully saturated rings. The summed E-state index contributed by atoms with van der Waals surface area (Å²) in [7, 11) is 0. The lowest BCUT2D eigenvalue weighted by atomic mass is 10.2. The summed E-state index contributed by atoms with van der Waals surface area (Å²) in [5, 5.41) is 3.31. The molecule has 1 heterocycles. The fourth-order valence-electron chi connectivity index (χ4n) is 2.10. The summed E-state index contributed by atoms with van der Waals surface area (Å²) >= 11 is 0. The van der Waals surface area contributed by atoms with E-state index in [1.807, 2.05) is 24.3 Å². The molecule has 0 aliphatic carbocycles. The average molecular weight is 281 g/mol. The normalized spacial score (nSPS) is 10.6. The van der Waals surface area contributed by atoms with Crippen molar-refractivity contribution < 1.29 is 8.81 Å². The number of furan rings is 1. The smallest absolute Gasteiger partial charge is 0.134 e. The molecule has 106 valence electrons. The van der Waals surface area contributed by atoms with Gasteiger partial charge in [-0.05, 0) is 55.5 Å². The van der Waals surface area contributed by atoms with E-state index in [9.17, 15) is 4.39 Å². The van der Waals surface area contributed by atoms with E-state index in [1.54, 1.807) is 12.1 Å². The van der Waals surface area contributed by atoms with Crippen LogP contribution in [0.15, 0.2) is 65.1 Å². The zero-order chi connectivity index (χ0) is 14.7. The molecule has 2 aromatic carbocycles. The van der Waals surface area contributed by atoms with Gasteiger partial charge in [-0.2, -0.15) is 0 Å². The molecule has 0 unspecified atom stereocenters. The van der Waals surface area contributed by atoms with Crippen LogP contribution in [0.2, 0.25) is 0 Å². The van der Waals surface area contributed by atoms with E-state index < -0.39 is 0 Å². The van der Waals surface area contributed by atoms with E-state index in [0.717, 1.165) is 22.8 Å². The van der Waals surface area contributed by atoms with Crippen molar-refractivity contribution in [3.8, 4) is 11.3 Å². The zero-order valence-electron chi connectivity index (χ0n) is 11.8. The molecular formula is C18H16FNO. The van der Waals surface area contributed by atoms with E-state index >= 15 is 0 Å². The van der Waals surface area contributed by atoms with Crippen molar-refractivity contribution in [2.75, 3.05) is 5.32 Å². The lowest BCUT2D eigenvalue weighted by Crippen LogP contribution is -1.97. The molecule has 0 amide bonds. The Morgan fingerprint density at radius 3 is 2.33 bits per heavy atom. The van der Waals surface area contributed by atoms with Crippen LogP contribution in [0.4, 0.5) is 10.1 Å². The van der Waals surface area contributed by atoms with Gasteiger partial charge in [0.2, 0.25) is 0 Å². The minimum Gasteiger partial charge on any atom is -0.459 e. The summed E-state index contributed by atoms with van der Waals surface area (Å²) < 4.78 is 18.7. The molecule has 21 heavy (non-hydrogen) atoms. The van der Waals surface area contributed by atoms with Gasteiger partial charge in [0.05, 0.1) is 6.54 Å². The Balaban J connectivity index is 1.67. The maximum atomic E-state index is 12.9. The highest BCUT2D eigenvalue weighted by Gasteiger charge is 2.05. The average Bonchev–Trinajstić information content (AvgIpc) is 2.96. The van der Waals surface area contributed by atoms with Gasteiger partial charge in [0.25, 0.3) is 0 Å². The first-order valence-electron chi connectivity index (χ1n) is 6.86. The van der Waals surface area contributed by atoms with Crippen molar-refractivity contribution in [2.24, 2.45) is 0 Å². The highest BCUT2D eigenvalue weighted by Crippen LogP contribution is 2.23. The Hall–Kier alpha value is -2.55. The highest BCUT2D eigenvalue weighted by molar-refractivity contribution is 5.57. The van der Waals surface area contributed by atoms with Crippen LogP contribution in [0.3, 0.4) is 0 Å². The number of hydrogen-bond acceptors (Lipinski definition) is 2. The first-order valence-corrected chi connectivity index (χ1v) is 6.86. The van der Waals surface area contributed by atoms with Gasteiger partial charge in [0, 0.05) is 11.3 Å². The molecule has 1 aromatic heterocycles. The van der Waals surface area contributed by atoms with Crippen LogP contribution in [0.5, 0.6) is 0 Å². The molecular weight excluding hydrogens is 265 g/mol. The second-order valence-electron chi connectivity index (χ2n) is 4.99. The molecule has 0 saturated heterocycles. The van der Waals surface area contributed by atoms with Crippen LogP contribution in [0.1, 0.15) is 11.3 Å². The summed E-state index contributed by atoms with van der Waals surface area (Å²) in [5.41, 5.74) is 3.16. The Morgan fingerprint density at radius 1 is 0.905 bits per heavy atom. The number of nitrogens with one attached hydrogen (secondary N) is 1. The summed E-state index contributed by atoms with van der Waals surface area (Å²) in [4.78, 5) is 0. The predicted octanol–water partition coefficient (Wildman–Crippen LogP) is 5.01. The van der Waals surface area contributed by atoms with Crippen LogP contribution in [-0.2, 0) is 6.54 Å². The molecule has 0 atom stereocenters.